The minimum absolute atomic E-state index is 0.0220. The van der Waals surface area contributed by atoms with E-state index < -0.39 is 0 Å². The van der Waals surface area contributed by atoms with Crippen molar-refractivity contribution in [2.75, 3.05) is 18.0 Å². The first kappa shape index (κ1) is 12.8. The first-order valence-corrected chi connectivity index (χ1v) is 6.28. The molecule has 1 amide bonds. The van der Waals surface area contributed by atoms with Gasteiger partial charge in [0.25, 0.3) is 0 Å². The Hall–Kier alpha value is -1.69. The van der Waals surface area contributed by atoms with E-state index in [1.165, 1.54) is 0 Å². The molecule has 0 spiro atoms. The Morgan fingerprint density at radius 3 is 2.61 bits per heavy atom. The van der Waals surface area contributed by atoms with Crippen molar-refractivity contribution in [1.29, 1.82) is 0 Å². The maximum Gasteiger partial charge on any atom is 0.220 e. The summed E-state index contributed by atoms with van der Waals surface area (Å²) in [5.41, 5.74) is 12.8. The van der Waals surface area contributed by atoms with Gasteiger partial charge in [0.1, 0.15) is 4.99 Å². The summed E-state index contributed by atoms with van der Waals surface area (Å²) >= 11 is 5.03. The van der Waals surface area contributed by atoms with Crippen molar-refractivity contribution in [3.05, 3.63) is 24.0 Å². The van der Waals surface area contributed by atoms with Gasteiger partial charge in [-0.2, -0.15) is 0 Å². The van der Waals surface area contributed by atoms with E-state index in [-0.39, 0.29) is 11.8 Å². The van der Waals surface area contributed by atoms with Crippen molar-refractivity contribution in [2.45, 2.75) is 12.8 Å². The lowest BCUT2D eigenvalue weighted by Crippen LogP contribution is -2.39. The molecule has 0 bridgehead atoms. The number of carbonyl (C=O) groups excluding carboxylic acids is 1. The van der Waals surface area contributed by atoms with Gasteiger partial charge in [-0.15, -0.1) is 0 Å². The highest BCUT2D eigenvalue weighted by Gasteiger charge is 2.24. The number of anilines is 1. The standard InChI is InChI=1S/C12H16N4OS/c13-11(17)8-2-5-16(6-3-8)10-7-15-4-1-9(10)12(14)18/h1,4,7-8H,2-3,5-6H2,(H2,13,17)(H2,14,18). The fraction of sp³-hybridized carbons (Fsp3) is 0.417. The maximum atomic E-state index is 11.1. The Bertz CT molecular complexity index is 469. The number of nitrogens with two attached hydrogens (primary N) is 2. The SMILES string of the molecule is NC(=O)C1CCN(c2cnccc2C(N)=S)CC1. The predicted octanol–water partition coefficient (Wildman–Crippen LogP) is 0.417. The van der Waals surface area contributed by atoms with Crippen LogP contribution in [0.1, 0.15) is 18.4 Å². The van der Waals surface area contributed by atoms with E-state index in [4.69, 9.17) is 23.7 Å². The van der Waals surface area contributed by atoms with Crippen LogP contribution < -0.4 is 16.4 Å². The van der Waals surface area contributed by atoms with Crippen molar-refractivity contribution in [2.24, 2.45) is 17.4 Å². The molecule has 5 nitrogen and oxygen atoms in total. The van der Waals surface area contributed by atoms with Gasteiger partial charge in [0.2, 0.25) is 5.91 Å². The summed E-state index contributed by atoms with van der Waals surface area (Å²) in [7, 11) is 0. The lowest BCUT2D eigenvalue weighted by Gasteiger charge is -2.33. The molecule has 96 valence electrons. The summed E-state index contributed by atoms with van der Waals surface area (Å²) in [6.45, 7) is 1.55. The summed E-state index contributed by atoms with van der Waals surface area (Å²) in [6.07, 6.45) is 4.97. The molecule has 1 aliphatic rings. The molecule has 0 saturated carbocycles. The van der Waals surface area contributed by atoms with Crippen LogP contribution in [0.4, 0.5) is 5.69 Å². The lowest BCUT2D eigenvalue weighted by atomic mass is 9.95. The molecular formula is C12H16N4OS. The van der Waals surface area contributed by atoms with Gasteiger partial charge in [0, 0.05) is 30.8 Å². The summed E-state index contributed by atoms with van der Waals surface area (Å²) in [4.78, 5) is 17.8. The molecule has 0 atom stereocenters. The highest BCUT2D eigenvalue weighted by molar-refractivity contribution is 7.80. The minimum Gasteiger partial charge on any atom is -0.389 e. The number of rotatable bonds is 3. The van der Waals surface area contributed by atoms with Crippen molar-refractivity contribution in [1.82, 2.24) is 4.98 Å². The number of hydrogen-bond acceptors (Lipinski definition) is 4. The van der Waals surface area contributed by atoms with Crippen molar-refractivity contribution < 1.29 is 4.79 Å². The van der Waals surface area contributed by atoms with E-state index in [2.05, 4.69) is 9.88 Å². The number of aromatic nitrogens is 1. The van der Waals surface area contributed by atoms with E-state index in [1.807, 2.05) is 6.07 Å². The Kier molecular flexibility index (Phi) is 3.76. The van der Waals surface area contributed by atoms with E-state index in [0.717, 1.165) is 37.2 Å². The van der Waals surface area contributed by atoms with Gasteiger partial charge in [-0.1, -0.05) is 12.2 Å². The number of nitrogens with zero attached hydrogens (tertiary/aromatic N) is 2. The summed E-state index contributed by atoms with van der Waals surface area (Å²) in [6, 6.07) is 1.82. The zero-order valence-corrected chi connectivity index (χ0v) is 10.8. The molecule has 0 unspecified atom stereocenters. The first-order chi connectivity index (χ1) is 8.59. The Balaban J connectivity index is 2.15. The third-order valence-corrected chi connectivity index (χ3v) is 3.52. The van der Waals surface area contributed by atoms with Gasteiger partial charge in [0.05, 0.1) is 11.9 Å². The summed E-state index contributed by atoms with van der Waals surface area (Å²) < 4.78 is 0. The quantitative estimate of drug-likeness (QED) is 0.773. The second-order valence-corrected chi connectivity index (χ2v) is 4.86. The zero-order valence-electron chi connectivity index (χ0n) is 10.0. The van der Waals surface area contributed by atoms with Crippen LogP contribution in [0.2, 0.25) is 0 Å². The molecule has 1 aromatic heterocycles. The van der Waals surface area contributed by atoms with Crippen molar-refractivity contribution in [3.8, 4) is 0 Å². The normalized spacial score (nSPS) is 16.6. The number of primary amides is 1. The molecule has 0 radical (unpaired) electrons. The van der Waals surface area contributed by atoms with Crippen LogP contribution >= 0.6 is 12.2 Å². The molecule has 4 N–H and O–H groups in total. The Morgan fingerprint density at radius 1 is 1.39 bits per heavy atom. The summed E-state index contributed by atoms with van der Waals surface area (Å²) in [5.74, 6) is -0.235. The van der Waals surface area contributed by atoms with Gasteiger partial charge in [-0.05, 0) is 18.9 Å². The monoisotopic (exact) mass is 264 g/mol. The Morgan fingerprint density at radius 2 is 2.06 bits per heavy atom. The first-order valence-electron chi connectivity index (χ1n) is 5.87. The second kappa shape index (κ2) is 5.30. The van der Waals surface area contributed by atoms with Crippen LogP contribution in [-0.4, -0.2) is 29.0 Å². The highest BCUT2D eigenvalue weighted by atomic mass is 32.1. The highest BCUT2D eigenvalue weighted by Crippen LogP contribution is 2.25. The average molecular weight is 264 g/mol. The van der Waals surface area contributed by atoms with E-state index >= 15 is 0 Å². The molecule has 18 heavy (non-hydrogen) atoms. The molecule has 0 aliphatic carbocycles. The summed E-state index contributed by atoms with van der Waals surface area (Å²) in [5, 5.41) is 0. The average Bonchev–Trinajstić information content (AvgIpc) is 2.39. The van der Waals surface area contributed by atoms with Crippen LogP contribution in [0.25, 0.3) is 0 Å². The molecule has 0 aromatic carbocycles. The van der Waals surface area contributed by atoms with Crippen LogP contribution in [0.3, 0.4) is 0 Å². The third kappa shape index (κ3) is 2.59. The topological polar surface area (TPSA) is 85.2 Å². The molecule has 1 aliphatic heterocycles. The van der Waals surface area contributed by atoms with Gasteiger partial charge in [0.15, 0.2) is 0 Å². The van der Waals surface area contributed by atoms with Gasteiger partial charge >= 0.3 is 0 Å². The molecule has 1 aromatic rings. The van der Waals surface area contributed by atoms with Crippen LogP contribution in [0.5, 0.6) is 0 Å². The fourth-order valence-electron chi connectivity index (χ4n) is 2.25. The smallest absolute Gasteiger partial charge is 0.220 e. The van der Waals surface area contributed by atoms with Crippen molar-refractivity contribution in [3.63, 3.8) is 0 Å². The van der Waals surface area contributed by atoms with Gasteiger partial charge < -0.3 is 16.4 Å². The number of hydrogen-bond donors (Lipinski definition) is 2. The third-order valence-electron chi connectivity index (χ3n) is 3.30. The maximum absolute atomic E-state index is 11.1. The zero-order chi connectivity index (χ0) is 13.1. The minimum atomic E-state index is -0.213. The van der Waals surface area contributed by atoms with E-state index in [0.29, 0.717) is 4.99 Å². The molecule has 6 heteroatoms. The number of thiocarbonyl (C=S) groups is 1. The molecular weight excluding hydrogens is 248 g/mol. The molecule has 1 saturated heterocycles. The van der Waals surface area contributed by atoms with Crippen molar-refractivity contribution >= 4 is 28.8 Å². The number of amides is 1. The van der Waals surface area contributed by atoms with Gasteiger partial charge in [-0.25, -0.2) is 0 Å². The number of carbonyl (C=O) groups is 1. The molecule has 1 fully saturated rings. The molecule has 2 heterocycles. The second-order valence-electron chi connectivity index (χ2n) is 4.42. The van der Waals surface area contributed by atoms with Gasteiger partial charge in [-0.3, -0.25) is 9.78 Å². The van der Waals surface area contributed by atoms with E-state index in [9.17, 15) is 4.79 Å². The number of piperidine rings is 1. The Labute approximate surface area is 111 Å². The lowest BCUT2D eigenvalue weighted by molar-refractivity contribution is -0.122. The molecule has 2 rings (SSSR count). The van der Waals surface area contributed by atoms with Crippen LogP contribution in [0, 0.1) is 5.92 Å². The predicted molar refractivity (Wildman–Crippen MR) is 74.3 cm³/mol. The number of pyridine rings is 1. The fourth-order valence-corrected chi connectivity index (χ4v) is 2.42. The van der Waals surface area contributed by atoms with E-state index in [1.54, 1.807) is 12.4 Å². The largest absolute Gasteiger partial charge is 0.389 e. The van der Waals surface area contributed by atoms with Crippen LogP contribution in [-0.2, 0) is 4.79 Å². The van der Waals surface area contributed by atoms with Crippen LogP contribution in [0.15, 0.2) is 18.5 Å².